The molecule has 1 unspecified atom stereocenters. The summed E-state index contributed by atoms with van der Waals surface area (Å²) in [6, 6.07) is 7.09. The molecule has 0 aromatic heterocycles. The van der Waals surface area contributed by atoms with Crippen LogP contribution in [0.4, 0.5) is 0 Å². The van der Waals surface area contributed by atoms with Gasteiger partial charge in [0.05, 0.1) is 12.5 Å². The zero-order valence-corrected chi connectivity index (χ0v) is 11.2. The number of aliphatic hydroxyl groups excluding tert-OH is 1. The van der Waals surface area contributed by atoms with Gasteiger partial charge >= 0.3 is 5.97 Å². The maximum absolute atomic E-state index is 12.3. The Kier molecular flexibility index (Phi) is 5.51. The molecule has 5 nitrogen and oxygen atoms in total. The van der Waals surface area contributed by atoms with Gasteiger partial charge in [-0.2, -0.15) is 0 Å². The highest BCUT2D eigenvalue weighted by molar-refractivity contribution is 5.94. The number of carbonyl (C=O) groups is 2. The number of carboxylic acid groups (broad SMARTS) is 1. The predicted molar refractivity (Wildman–Crippen MR) is 71.0 cm³/mol. The minimum Gasteiger partial charge on any atom is -0.481 e. The number of aliphatic hydroxyl groups is 1. The van der Waals surface area contributed by atoms with Crippen LogP contribution in [0.1, 0.15) is 22.8 Å². The Balaban J connectivity index is 2.86. The maximum Gasteiger partial charge on any atom is 0.308 e. The van der Waals surface area contributed by atoms with Crippen LogP contribution in [0.25, 0.3) is 0 Å². The molecule has 0 radical (unpaired) electrons. The van der Waals surface area contributed by atoms with E-state index in [1.54, 1.807) is 18.2 Å². The summed E-state index contributed by atoms with van der Waals surface area (Å²) in [5.41, 5.74) is 1.46. The summed E-state index contributed by atoms with van der Waals surface area (Å²) < 4.78 is 0. The van der Waals surface area contributed by atoms with Crippen LogP contribution in [0.15, 0.2) is 24.3 Å². The van der Waals surface area contributed by atoms with Crippen LogP contribution in [0.3, 0.4) is 0 Å². The van der Waals surface area contributed by atoms with Crippen LogP contribution in [0.2, 0.25) is 0 Å². The fraction of sp³-hybridized carbons (Fsp3) is 0.429. The first-order chi connectivity index (χ1) is 8.95. The lowest BCUT2D eigenvalue weighted by molar-refractivity contribution is -0.141. The average Bonchev–Trinajstić information content (AvgIpc) is 2.37. The van der Waals surface area contributed by atoms with E-state index >= 15 is 0 Å². The Morgan fingerprint density at radius 3 is 2.58 bits per heavy atom. The number of amides is 1. The van der Waals surface area contributed by atoms with E-state index in [1.807, 2.05) is 13.0 Å². The molecular formula is C14H19NO4. The van der Waals surface area contributed by atoms with E-state index in [0.29, 0.717) is 5.56 Å². The number of aryl methyl sites for hydroxylation is 1. The molecule has 0 heterocycles. The van der Waals surface area contributed by atoms with Gasteiger partial charge in [-0.3, -0.25) is 9.59 Å². The predicted octanol–water partition coefficient (Wildman–Crippen LogP) is 1.15. The molecule has 0 aliphatic carbocycles. The van der Waals surface area contributed by atoms with Gasteiger partial charge in [-0.15, -0.1) is 0 Å². The number of carbonyl (C=O) groups excluding carboxylic acids is 1. The molecule has 2 N–H and O–H groups in total. The molecule has 0 aliphatic heterocycles. The van der Waals surface area contributed by atoms with E-state index in [0.717, 1.165) is 5.56 Å². The monoisotopic (exact) mass is 265 g/mol. The van der Waals surface area contributed by atoms with Gasteiger partial charge in [-0.25, -0.2) is 0 Å². The lowest BCUT2D eigenvalue weighted by atomic mass is 10.1. The number of rotatable bonds is 6. The molecule has 1 aromatic rings. The minimum absolute atomic E-state index is 0.0860. The summed E-state index contributed by atoms with van der Waals surface area (Å²) in [7, 11) is 0. The minimum atomic E-state index is -0.958. The Hall–Kier alpha value is -1.88. The van der Waals surface area contributed by atoms with Gasteiger partial charge in [0.1, 0.15) is 0 Å². The third kappa shape index (κ3) is 4.37. The SMILES string of the molecule is Cc1cccc(C(=O)N(CCO)CC(C)C(=O)O)c1. The number of hydrogen-bond donors (Lipinski definition) is 2. The van der Waals surface area contributed by atoms with E-state index in [1.165, 1.54) is 11.8 Å². The quantitative estimate of drug-likeness (QED) is 0.808. The molecule has 0 fully saturated rings. The summed E-state index contributed by atoms with van der Waals surface area (Å²) in [4.78, 5) is 24.5. The summed E-state index contributed by atoms with van der Waals surface area (Å²) in [5.74, 6) is -1.88. The first kappa shape index (κ1) is 15.2. The second-order valence-corrected chi connectivity index (χ2v) is 4.58. The van der Waals surface area contributed by atoms with Crippen molar-refractivity contribution < 1.29 is 19.8 Å². The van der Waals surface area contributed by atoms with E-state index in [-0.39, 0.29) is 25.6 Å². The van der Waals surface area contributed by atoms with Crippen molar-refractivity contribution >= 4 is 11.9 Å². The van der Waals surface area contributed by atoms with Crippen LogP contribution in [0.5, 0.6) is 0 Å². The van der Waals surface area contributed by atoms with E-state index in [4.69, 9.17) is 10.2 Å². The van der Waals surface area contributed by atoms with E-state index in [9.17, 15) is 9.59 Å². The maximum atomic E-state index is 12.3. The van der Waals surface area contributed by atoms with Gasteiger partial charge < -0.3 is 15.1 Å². The Morgan fingerprint density at radius 2 is 2.05 bits per heavy atom. The number of nitrogens with zero attached hydrogens (tertiary/aromatic N) is 1. The molecule has 0 bridgehead atoms. The lowest BCUT2D eigenvalue weighted by Crippen LogP contribution is -2.38. The van der Waals surface area contributed by atoms with Gasteiger partial charge in [0.15, 0.2) is 0 Å². The second-order valence-electron chi connectivity index (χ2n) is 4.58. The fourth-order valence-corrected chi connectivity index (χ4v) is 1.77. The summed E-state index contributed by atoms with van der Waals surface area (Å²) >= 11 is 0. The Labute approximate surface area is 112 Å². The number of carboxylic acids is 1. The van der Waals surface area contributed by atoms with Crippen molar-refractivity contribution in [2.24, 2.45) is 5.92 Å². The van der Waals surface area contributed by atoms with Crippen LogP contribution in [-0.2, 0) is 4.79 Å². The summed E-state index contributed by atoms with van der Waals surface area (Å²) in [6.45, 7) is 3.44. The van der Waals surface area contributed by atoms with Crippen molar-refractivity contribution in [3.8, 4) is 0 Å². The molecule has 1 rings (SSSR count). The van der Waals surface area contributed by atoms with Crippen molar-refractivity contribution in [2.45, 2.75) is 13.8 Å². The first-order valence-corrected chi connectivity index (χ1v) is 6.15. The Bertz CT molecular complexity index is 459. The van der Waals surface area contributed by atoms with E-state index < -0.39 is 11.9 Å². The van der Waals surface area contributed by atoms with Gasteiger partial charge in [0, 0.05) is 18.7 Å². The molecule has 19 heavy (non-hydrogen) atoms. The molecular weight excluding hydrogens is 246 g/mol. The second kappa shape index (κ2) is 6.89. The molecule has 0 spiro atoms. The van der Waals surface area contributed by atoms with Crippen molar-refractivity contribution in [3.05, 3.63) is 35.4 Å². The van der Waals surface area contributed by atoms with Crippen LogP contribution in [0, 0.1) is 12.8 Å². The molecule has 0 aliphatic rings. The molecule has 1 aromatic carbocycles. The van der Waals surface area contributed by atoms with Gasteiger partial charge in [-0.1, -0.05) is 24.6 Å². The normalized spacial score (nSPS) is 11.9. The number of benzene rings is 1. The van der Waals surface area contributed by atoms with Crippen LogP contribution < -0.4 is 0 Å². The van der Waals surface area contributed by atoms with Crippen molar-refractivity contribution in [3.63, 3.8) is 0 Å². The lowest BCUT2D eigenvalue weighted by Gasteiger charge is -2.23. The van der Waals surface area contributed by atoms with Crippen molar-refractivity contribution in [1.29, 1.82) is 0 Å². The topological polar surface area (TPSA) is 77.8 Å². The standard InChI is InChI=1S/C14H19NO4/c1-10-4-3-5-12(8-10)13(17)15(6-7-16)9-11(2)14(18)19/h3-5,8,11,16H,6-7,9H2,1-2H3,(H,18,19). The molecule has 1 atom stereocenters. The molecule has 1 amide bonds. The zero-order chi connectivity index (χ0) is 14.4. The largest absolute Gasteiger partial charge is 0.481 e. The van der Waals surface area contributed by atoms with Crippen molar-refractivity contribution in [1.82, 2.24) is 4.90 Å². The van der Waals surface area contributed by atoms with Crippen LogP contribution >= 0.6 is 0 Å². The highest BCUT2D eigenvalue weighted by Gasteiger charge is 2.21. The summed E-state index contributed by atoms with van der Waals surface area (Å²) in [6.07, 6.45) is 0. The summed E-state index contributed by atoms with van der Waals surface area (Å²) in [5, 5.41) is 17.9. The van der Waals surface area contributed by atoms with Gasteiger partial charge in [0.25, 0.3) is 5.91 Å². The highest BCUT2D eigenvalue weighted by Crippen LogP contribution is 2.10. The van der Waals surface area contributed by atoms with Crippen molar-refractivity contribution in [2.75, 3.05) is 19.7 Å². The van der Waals surface area contributed by atoms with Crippen LogP contribution in [-0.4, -0.2) is 46.7 Å². The van der Waals surface area contributed by atoms with Gasteiger partial charge in [0.2, 0.25) is 0 Å². The highest BCUT2D eigenvalue weighted by atomic mass is 16.4. The average molecular weight is 265 g/mol. The molecule has 0 saturated heterocycles. The molecule has 5 heteroatoms. The Morgan fingerprint density at radius 1 is 1.37 bits per heavy atom. The zero-order valence-electron chi connectivity index (χ0n) is 11.2. The molecule has 104 valence electrons. The smallest absolute Gasteiger partial charge is 0.308 e. The van der Waals surface area contributed by atoms with E-state index in [2.05, 4.69) is 0 Å². The number of hydrogen-bond acceptors (Lipinski definition) is 3. The molecule has 0 saturated carbocycles. The fourth-order valence-electron chi connectivity index (χ4n) is 1.77. The first-order valence-electron chi connectivity index (χ1n) is 6.15. The van der Waals surface area contributed by atoms with Gasteiger partial charge in [-0.05, 0) is 19.1 Å². The third-order valence-electron chi connectivity index (χ3n) is 2.84. The number of aliphatic carboxylic acids is 1. The third-order valence-corrected chi connectivity index (χ3v) is 2.84.